The molecule has 1 heterocycles. The number of amides is 1. The molecule has 0 saturated carbocycles. The zero-order valence-electron chi connectivity index (χ0n) is 8.51. The van der Waals surface area contributed by atoms with Gasteiger partial charge in [-0.25, -0.2) is 0 Å². The molecule has 1 N–H and O–H groups in total. The molecule has 0 aliphatic carbocycles. The second kappa shape index (κ2) is 5.18. The van der Waals surface area contributed by atoms with Crippen molar-refractivity contribution in [3.63, 3.8) is 0 Å². The average molecular weight is 249 g/mol. The molecule has 1 aromatic carbocycles. The highest BCUT2D eigenvalue weighted by Crippen LogP contribution is 2.13. The molecule has 0 aliphatic rings. The Morgan fingerprint density at radius 3 is 2.62 bits per heavy atom. The SMILES string of the molecule is O=C(Cc1ccc(S)cc1)Nc1ccsc1. The van der Waals surface area contributed by atoms with Crippen molar-refractivity contribution in [2.45, 2.75) is 11.3 Å². The molecule has 2 rings (SSSR count). The predicted octanol–water partition coefficient (Wildman–Crippen LogP) is 3.22. The number of hydrogen-bond acceptors (Lipinski definition) is 3. The van der Waals surface area contributed by atoms with E-state index in [9.17, 15) is 4.79 Å². The topological polar surface area (TPSA) is 29.1 Å². The fraction of sp³-hybridized carbons (Fsp3) is 0.0833. The van der Waals surface area contributed by atoms with Gasteiger partial charge in [0.2, 0.25) is 5.91 Å². The molecule has 82 valence electrons. The molecule has 2 nitrogen and oxygen atoms in total. The van der Waals surface area contributed by atoms with E-state index in [-0.39, 0.29) is 5.91 Å². The molecule has 0 spiro atoms. The van der Waals surface area contributed by atoms with E-state index < -0.39 is 0 Å². The van der Waals surface area contributed by atoms with E-state index in [1.165, 1.54) is 0 Å². The lowest BCUT2D eigenvalue weighted by Crippen LogP contribution is -2.13. The van der Waals surface area contributed by atoms with E-state index >= 15 is 0 Å². The number of rotatable bonds is 3. The van der Waals surface area contributed by atoms with Crippen molar-refractivity contribution in [2.75, 3.05) is 5.32 Å². The van der Waals surface area contributed by atoms with Crippen LogP contribution in [0.3, 0.4) is 0 Å². The third-order valence-corrected chi connectivity index (χ3v) is 3.09. The molecule has 0 radical (unpaired) electrons. The van der Waals surface area contributed by atoms with Gasteiger partial charge >= 0.3 is 0 Å². The van der Waals surface area contributed by atoms with Gasteiger partial charge in [-0.3, -0.25) is 4.79 Å². The third-order valence-electron chi connectivity index (χ3n) is 2.11. The molecule has 0 aliphatic heterocycles. The highest BCUT2D eigenvalue weighted by Gasteiger charge is 2.03. The molecule has 0 bridgehead atoms. The van der Waals surface area contributed by atoms with E-state index in [0.717, 1.165) is 16.1 Å². The summed E-state index contributed by atoms with van der Waals surface area (Å²) < 4.78 is 0. The highest BCUT2D eigenvalue weighted by atomic mass is 32.1. The number of nitrogens with one attached hydrogen (secondary N) is 1. The Kier molecular flexibility index (Phi) is 3.64. The molecule has 1 amide bonds. The first-order valence-corrected chi connectivity index (χ1v) is 6.23. The Bertz CT molecular complexity index is 462. The zero-order valence-corrected chi connectivity index (χ0v) is 10.2. The molecule has 16 heavy (non-hydrogen) atoms. The average Bonchev–Trinajstić information content (AvgIpc) is 2.74. The van der Waals surface area contributed by atoms with Crippen molar-refractivity contribution in [2.24, 2.45) is 0 Å². The zero-order chi connectivity index (χ0) is 11.4. The summed E-state index contributed by atoms with van der Waals surface area (Å²) in [7, 11) is 0. The van der Waals surface area contributed by atoms with Crippen LogP contribution in [-0.4, -0.2) is 5.91 Å². The summed E-state index contributed by atoms with van der Waals surface area (Å²) in [6, 6.07) is 9.48. The number of anilines is 1. The Labute approximate surface area is 104 Å². The lowest BCUT2D eigenvalue weighted by Gasteiger charge is -2.03. The van der Waals surface area contributed by atoms with Crippen LogP contribution in [0.1, 0.15) is 5.56 Å². The fourth-order valence-corrected chi connectivity index (χ4v) is 2.08. The molecule has 0 saturated heterocycles. The van der Waals surface area contributed by atoms with Gasteiger partial charge in [0, 0.05) is 10.3 Å². The first-order chi connectivity index (χ1) is 7.74. The van der Waals surface area contributed by atoms with E-state index in [4.69, 9.17) is 0 Å². The van der Waals surface area contributed by atoms with E-state index in [2.05, 4.69) is 17.9 Å². The monoisotopic (exact) mass is 249 g/mol. The van der Waals surface area contributed by atoms with Crippen LogP contribution in [0, 0.1) is 0 Å². The van der Waals surface area contributed by atoms with Crippen LogP contribution in [0.5, 0.6) is 0 Å². The molecule has 0 fully saturated rings. The van der Waals surface area contributed by atoms with Gasteiger partial charge in [-0.05, 0) is 29.1 Å². The van der Waals surface area contributed by atoms with Crippen LogP contribution in [0.2, 0.25) is 0 Å². The van der Waals surface area contributed by atoms with Crippen LogP contribution in [0.25, 0.3) is 0 Å². The molecule has 4 heteroatoms. The lowest BCUT2D eigenvalue weighted by molar-refractivity contribution is -0.115. The minimum Gasteiger partial charge on any atom is -0.325 e. The van der Waals surface area contributed by atoms with Crippen LogP contribution in [0.4, 0.5) is 5.69 Å². The Balaban J connectivity index is 1.95. The fourth-order valence-electron chi connectivity index (χ4n) is 1.34. The Morgan fingerprint density at radius 2 is 2.00 bits per heavy atom. The van der Waals surface area contributed by atoms with E-state index in [1.54, 1.807) is 11.3 Å². The molecule has 1 aromatic heterocycles. The minimum atomic E-state index is 0.00492. The van der Waals surface area contributed by atoms with Crippen molar-refractivity contribution < 1.29 is 4.79 Å². The van der Waals surface area contributed by atoms with Crippen molar-refractivity contribution in [3.05, 3.63) is 46.7 Å². The first kappa shape index (κ1) is 11.2. The van der Waals surface area contributed by atoms with Gasteiger partial charge in [-0.2, -0.15) is 11.3 Å². The van der Waals surface area contributed by atoms with Gasteiger partial charge in [-0.15, -0.1) is 12.6 Å². The number of carbonyl (C=O) groups is 1. The second-order valence-electron chi connectivity index (χ2n) is 3.40. The highest BCUT2D eigenvalue weighted by molar-refractivity contribution is 7.80. The number of carbonyl (C=O) groups excluding carboxylic acids is 1. The van der Waals surface area contributed by atoms with Crippen molar-refractivity contribution in [1.82, 2.24) is 0 Å². The first-order valence-electron chi connectivity index (χ1n) is 4.84. The summed E-state index contributed by atoms with van der Waals surface area (Å²) in [6.07, 6.45) is 0.393. The predicted molar refractivity (Wildman–Crippen MR) is 70.3 cm³/mol. The molecular formula is C12H11NOS2. The van der Waals surface area contributed by atoms with Crippen LogP contribution >= 0.6 is 24.0 Å². The van der Waals surface area contributed by atoms with E-state index in [0.29, 0.717) is 6.42 Å². The standard InChI is InChI=1S/C12H11NOS2/c14-12(13-10-5-6-16-8-10)7-9-1-3-11(15)4-2-9/h1-6,8,15H,7H2,(H,13,14). The largest absolute Gasteiger partial charge is 0.325 e. The molecular weight excluding hydrogens is 238 g/mol. The van der Waals surface area contributed by atoms with Crippen molar-refractivity contribution >= 4 is 35.6 Å². The molecule has 0 unspecified atom stereocenters. The maximum absolute atomic E-state index is 11.6. The number of benzene rings is 1. The smallest absolute Gasteiger partial charge is 0.228 e. The number of thiol groups is 1. The normalized spacial score (nSPS) is 10.1. The maximum atomic E-state index is 11.6. The molecule has 0 atom stereocenters. The third kappa shape index (κ3) is 3.12. The molecule has 2 aromatic rings. The number of thiophene rings is 1. The van der Waals surface area contributed by atoms with Gasteiger partial charge in [0.25, 0.3) is 0 Å². The quantitative estimate of drug-likeness (QED) is 0.804. The van der Waals surface area contributed by atoms with Gasteiger partial charge in [0.1, 0.15) is 0 Å². The summed E-state index contributed by atoms with van der Waals surface area (Å²) in [5.74, 6) is 0.00492. The van der Waals surface area contributed by atoms with Crippen molar-refractivity contribution in [1.29, 1.82) is 0 Å². The van der Waals surface area contributed by atoms with E-state index in [1.807, 2.05) is 41.1 Å². The van der Waals surface area contributed by atoms with Crippen LogP contribution in [0.15, 0.2) is 46.0 Å². The minimum absolute atomic E-state index is 0.00492. The Hall–Kier alpha value is -1.26. The summed E-state index contributed by atoms with van der Waals surface area (Å²) in [5.41, 5.74) is 1.85. The summed E-state index contributed by atoms with van der Waals surface area (Å²) in [6.45, 7) is 0. The summed E-state index contributed by atoms with van der Waals surface area (Å²) >= 11 is 5.76. The second-order valence-corrected chi connectivity index (χ2v) is 4.70. The van der Waals surface area contributed by atoms with Gasteiger partial charge in [0.05, 0.1) is 12.1 Å². The Morgan fingerprint density at radius 1 is 1.25 bits per heavy atom. The van der Waals surface area contributed by atoms with Crippen molar-refractivity contribution in [3.8, 4) is 0 Å². The van der Waals surface area contributed by atoms with Crippen LogP contribution in [-0.2, 0) is 11.2 Å². The summed E-state index contributed by atoms with van der Waals surface area (Å²) in [4.78, 5) is 12.5. The van der Waals surface area contributed by atoms with Gasteiger partial charge in [0.15, 0.2) is 0 Å². The van der Waals surface area contributed by atoms with Gasteiger partial charge in [-0.1, -0.05) is 12.1 Å². The lowest BCUT2D eigenvalue weighted by atomic mass is 10.1. The van der Waals surface area contributed by atoms with Crippen LogP contribution < -0.4 is 5.32 Å². The number of hydrogen-bond donors (Lipinski definition) is 2. The summed E-state index contributed by atoms with van der Waals surface area (Å²) in [5, 5.41) is 6.68. The van der Waals surface area contributed by atoms with Gasteiger partial charge < -0.3 is 5.32 Å². The maximum Gasteiger partial charge on any atom is 0.228 e.